The summed E-state index contributed by atoms with van der Waals surface area (Å²) >= 11 is 1.46. The van der Waals surface area contributed by atoms with Gasteiger partial charge >= 0.3 is 5.69 Å². The summed E-state index contributed by atoms with van der Waals surface area (Å²) in [4.78, 5) is 19.8. The molecule has 4 rings (SSSR count). The molecule has 5 nitrogen and oxygen atoms in total. The van der Waals surface area contributed by atoms with E-state index in [2.05, 4.69) is 39.3 Å². The van der Waals surface area contributed by atoms with Crippen molar-refractivity contribution in [2.24, 2.45) is 0 Å². The first-order chi connectivity index (χ1) is 13.0. The van der Waals surface area contributed by atoms with Crippen LogP contribution >= 0.6 is 11.8 Å². The quantitative estimate of drug-likeness (QED) is 0.541. The van der Waals surface area contributed by atoms with Crippen LogP contribution in [-0.2, 0) is 5.75 Å². The monoisotopic (exact) mass is 380 g/mol. The first-order valence-corrected chi connectivity index (χ1v) is 9.44. The molecular weight excluding hydrogens is 363 g/mol. The molecule has 2 heterocycles. The zero-order chi connectivity index (χ0) is 19.0. The van der Waals surface area contributed by atoms with E-state index in [1.54, 1.807) is 12.1 Å². The minimum atomic E-state index is -0.345. The summed E-state index contributed by atoms with van der Waals surface area (Å²) in [6, 6.07) is 14.3. The molecule has 0 fully saturated rings. The fraction of sp³-hybridized carbons (Fsp3) is 0.150. The lowest BCUT2D eigenvalue weighted by atomic mass is 10.1. The second-order valence-corrected chi connectivity index (χ2v) is 7.29. The fourth-order valence-corrected chi connectivity index (χ4v) is 3.69. The highest BCUT2D eigenvalue weighted by atomic mass is 32.2. The molecule has 0 bridgehead atoms. The van der Waals surface area contributed by atoms with E-state index in [0.717, 1.165) is 16.7 Å². The minimum absolute atomic E-state index is 0.312. The average molecular weight is 380 g/mol. The zero-order valence-corrected chi connectivity index (χ0v) is 15.7. The van der Waals surface area contributed by atoms with E-state index in [0.29, 0.717) is 22.3 Å². The number of halogens is 1. The minimum Gasteiger partial charge on any atom is -0.285 e. The molecule has 4 aromatic rings. The molecule has 0 radical (unpaired) electrons. The Hall–Kier alpha value is -2.93. The number of fused-ring (bicyclic) bond motifs is 1. The molecule has 2 aromatic carbocycles. The first kappa shape index (κ1) is 17.5. The molecule has 0 saturated carbocycles. The predicted molar refractivity (Wildman–Crippen MR) is 104 cm³/mol. The number of thioether (sulfide) groups is 1. The van der Waals surface area contributed by atoms with Crippen LogP contribution in [-0.4, -0.2) is 19.6 Å². The van der Waals surface area contributed by atoms with Gasteiger partial charge in [0, 0.05) is 11.3 Å². The van der Waals surface area contributed by atoms with Crippen molar-refractivity contribution >= 4 is 17.4 Å². The maximum absolute atomic E-state index is 13.3. The standard InChI is InChI=1S/C20H17FN4OS/c1-12-3-5-14(6-4-12)11-27-19-22-18-17(15-7-9-16(21)10-8-15)13(2)24-25(18)20(26)23-19/h3-10H,11H2,1-2H3,(H,22,23,26). The summed E-state index contributed by atoms with van der Waals surface area (Å²) in [5.74, 6) is 0.381. The van der Waals surface area contributed by atoms with Crippen LogP contribution in [0, 0.1) is 19.7 Å². The van der Waals surface area contributed by atoms with Crippen LogP contribution in [0.2, 0.25) is 0 Å². The molecule has 27 heavy (non-hydrogen) atoms. The summed E-state index contributed by atoms with van der Waals surface area (Å²) in [6.45, 7) is 3.86. The number of aromatic nitrogens is 4. The van der Waals surface area contributed by atoms with Crippen LogP contribution in [0.15, 0.2) is 58.5 Å². The SMILES string of the molecule is Cc1ccc(CSc2nc3c(-c4ccc(F)cc4)c(C)nn3c(=O)[nH]2)cc1. The molecule has 0 aliphatic heterocycles. The molecule has 0 saturated heterocycles. The molecule has 2 aromatic heterocycles. The van der Waals surface area contributed by atoms with Gasteiger partial charge in [0.15, 0.2) is 10.8 Å². The van der Waals surface area contributed by atoms with Gasteiger partial charge in [-0.15, -0.1) is 0 Å². The van der Waals surface area contributed by atoms with Crippen molar-refractivity contribution < 1.29 is 4.39 Å². The lowest BCUT2D eigenvalue weighted by Crippen LogP contribution is -2.19. The molecule has 0 amide bonds. The second-order valence-electron chi connectivity index (χ2n) is 6.32. The Bertz CT molecular complexity index is 1160. The maximum Gasteiger partial charge on any atom is 0.350 e. The Labute approximate surface area is 159 Å². The van der Waals surface area contributed by atoms with Crippen molar-refractivity contribution in [3.8, 4) is 11.1 Å². The van der Waals surface area contributed by atoms with Crippen molar-refractivity contribution in [2.45, 2.75) is 24.8 Å². The van der Waals surface area contributed by atoms with Gasteiger partial charge in [0.25, 0.3) is 0 Å². The van der Waals surface area contributed by atoms with Gasteiger partial charge in [-0.3, -0.25) is 4.98 Å². The Morgan fingerprint density at radius 3 is 2.48 bits per heavy atom. The number of rotatable bonds is 4. The molecule has 0 spiro atoms. The van der Waals surface area contributed by atoms with E-state index >= 15 is 0 Å². The van der Waals surface area contributed by atoms with Crippen LogP contribution < -0.4 is 5.69 Å². The summed E-state index contributed by atoms with van der Waals surface area (Å²) in [7, 11) is 0. The fourth-order valence-electron chi connectivity index (χ4n) is 2.89. The van der Waals surface area contributed by atoms with Gasteiger partial charge < -0.3 is 0 Å². The summed E-state index contributed by atoms with van der Waals surface area (Å²) in [6.07, 6.45) is 0. The van der Waals surface area contributed by atoms with Gasteiger partial charge in [0.2, 0.25) is 0 Å². The van der Waals surface area contributed by atoms with Gasteiger partial charge in [-0.25, -0.2) is 14.2 Å². The second kappa shape index (κ2) is 7.00. The molecule has 0 atom stereocenters. The third-order valence-electron chi connectivity index (χ3n) is 4.28. The van der Waals surface area contributed by atoms with Gasteiger partial charge in [-0.2, -0.15) is 9.61 Å². The van der Waals surface area contributed by atoms with E-state index in [-0.39, 0.29) is 11.5 Å². The lowest BCUT2D eigenvalue weighted by molar-refractivity contribution is 0.628. The predicted octanol–water partition coefficient (Wildman–Crippen LogP) is 4.13. The highest BCUT2D eigenvalue weighted by Crippen LogP contribution is 2.28. The first-order valence-electron chi connectivity index (χ1n) is 8.45. The average Bonchev–Trinajstić information content (AvgIpc) is 2.99. The number of H-pyrrole nitrogens is 1. The maximum atomic E-state index is 13.3. The highest BCUT2D eigenvalue weighted by Gasteiger charge is 2.16. The Balaban J connectivity index is 1.73. The van der Waals surface area contributed by atoms with Crippen LogP contribution in [0.5, 0.6) is 0 Å². The van der Waals surface area contributed by atoms with E-state index in [4.69, 9.17) is 0 Å². The molecule has 7 heteroatoms. The van der Waals surface area contributed by atoms with Gasteiger partial charge in [-0.05, 0) is 37.1 Å². The van der Waals surface area contributed by atoms with E-state index in [1.807, 2.05) is 13.8 Å². The van der Waals surface area contributed by atoms with Gasteiger partial charge in [0.1, 0.15) is 5.82 Å². The number of aryl methyl sites for hydroxylation is 2. The largest absolute Gasteiger partial charge is 0.350 e. The summed E-state index contributed by atoms with van der Waals surface area (Å²) in [5, 5.41) is 4.81. The zero-order valence-electron chi connectivity index (χ0n) is 14.9. The van der Waals surface area contributed by atoms with E-state index < -0.39 is 0 Å². The molecule has 0 aliphatic rings. The lowest BCUT2D eigenvalue weighted by Gasteiger charge is -2.04. The van der Waals surface area contributed by atoms with Gasteiger partial charge in [-0.1, -0.05) is 53.7 Å². The summed E-state index contributed by atoms with van der Waals surface area (Å²) in [5.41, 5.74) is 4.65. The van der Waals surface area contributed by atoms with E-state index in [9.17, 15) is 9.18 Å². The molecule has 0 aliphatic carbocycles. The van der Waals surface area contributed by atoms with Crippen LogP contribution in [0.3, 0.4) is 0 Å². The number of hydrogen-bond donors (Lipinski definition) is 1. The van der Waals surface area contributed by atoms with Crippen molar-refractivity contribution in [1.29, 1.82) is 0 Å². The number of hydrogen-bond acceptors (Lipinski definition) is 4. The molecule has 0 unspecified atom stereocenters. The van der Waals surface area contributed by atoms with Crippen molar-refractivity contribution in [1.82, 2.24) is 19.6 Å². The third kappa shape index (κ3) is 3.50. The summed E-state index contributed by atoms with van der Waals surface area (Å²) < 4.78 is 14.5. The topological polar surface area (TPSA) is 63.1 Å². The Morgan fingerprint density at radius 1 is 1.07 bits per heavy atom. The normalized spacial score (nSPS) is 11.2. The van der Waals surface area contributed by atoms with Crippen molar-refractivity contribution in [3.63, 3.8) is 0 Å². The third-order valence-corrected chi connectivity index (χ3v) is 5.22. The van der Waals surface area contributed by atoms with Crippen LogP contribution in [0.4, 0.5) is 4.39 Å². The van der Waals surface area contributed by atoms with Crippen molar-refractivity contribution in [2.75, 3.05) is 0 Å². The van der Waals surface area contributed by atoms with Crippen LogP contribution in [0.25, 0.3) is 16.8 Å². The number of benzene rings is 2. The smallest absolute Gasteiger partial charge is 0.285 e. The highest BCUT2D eigenvalue weighted by molar-refractivity contribution is 7.98. The van der Waals surface area contributed by atoms with E-state index in [1.165, 1.54) is 34.0 Å². The van der Waals surface area contributed by atoms with Crippen molar-refractivity contribution in [3.05, 3.63) is 81.7 Å². The molecule has 1 N–H and O–H groups in total. The number of nitrogens with one attached hydrogen (secondary N) is 1. The molecule has 136 valence electrons. The number of aromatic amines is 1. The number of nitrogens with zero attached hydrogens (tertiary/aromatic N) is 3. The Morgan fingerprint density at radius 2 is 1.78 bits per heavy atom. The Kier molecular flexibility index (Phi) is 4.53. The molecular formula is C20H17FN4OS. The van der Waals surface area contributed by atoms with Gasteiger partial charge in [0.05, 0.1) is 5.69 Å². The van der Waals surface area contributed by atoms with Crippen LogP contribution in [0.1, 0.15) is 16.8 Å².